The number of halogens is 1. The Balaban J connectivity index is 3.32. The molecule has 0 aliphatic heterocycles. The third-order valence-corrected chi connectivity index (χ3v) is 3.38. The lowest BCUT2D eigenvalue weighted by molar-refractivity contribution is 0.0509. The van der Waals surface area contributed by atoms with E-state index in [2.05, 4.69) is 11.4 Å². The van der Waals surface area contributed by atoms with Gasteiger partial charge in [0.25, 0.3) is 0 Å². The topological polar surface area (TPSA) is 52.3 Å². The van der Waals surface area contributed by atoms with Crippen molar-refractivity contribution in [2.45, 2.75) is 6.92 Å². The second kappa shape index (κ2) is 5.11. The van der Waals surface area contributed by atoms with E-state index in [0.29, 0.717) is 9.90 Å². The van der Waals surface area contributed by atoms with E-state index in [1.165, 1.54) is 11.3 Å². The number of carbonyl (C=O) groups excluding carboxylic acids is 1. The average Bonchev–Trinajstić information content (AvgIpc) is 2.55. The van der Waals surface area contributed by atoms with Crippen molar-refractivity contribution in [3.05, 3.63) is 33.0 Å². The lowest BCUT2D eigenvalue weighted by atomic mass is 10.2. The summed E-state index contributed by atoms with van der Waals surface area (Å²) in [5.41, 5.74) is 0.722. The molecular weight excluding hydrogens is 234 g/mol. The van der Waals surface area contributed by atoms with Crippen molar-refractivity contribution < 1.29 is 9.63 Å². The molecule has 1 aromatic rings. The molecule has 0 spiro atoms. The van der Waals surface area contributed by atoms with Crippen molar-refractivity contribution in [1.82, 2.24) is 0 Å². The number of thiophene rings is 1. The number of rotatable bonds is 3. The van der Waals surface area contributed by atoms with Crippen LogP contribution in [0, 0.1) is 0 Å². The van der Waals surface area contributed by atoms with Crippen molar-refractivity contribution in [2.75, 3.05) is 0 Å². The van der Waals surface area contributed by atoms with E-state index >= 15 is 0 Å². The van der Waals surface area contributed by atoms with Crippen LogP contribution < -0.4 is 5.90 Å². The molecule has 0 aliphatic rings. The third kappa shape index (κ3) is 2.28. The first kappa shape index (κ1) is 12.0. The van der Waals surface area contributed by atoms with Gasteiger partial charge in [0.2, 0.25) is 0 Å². The summed E-state index contributed by atoms with van der Waals surface area (Å²) in [7, 11) is 0. The molecule has 5 heteroatoms. The van der Waals surface area contributed by atoms with Gasteiger partial charge in [0.05, 0.1) is 5.02 Å². The Morgan fingerprint density at radius 2 is 2.33 bits per heavy atom. The highest BCUT2D eigenvalue weighted by Gasteiger charge is 2.19. The number of hydrogen-bond acceptors (Lipinski definition) is 4. The lowest BCUT2D eigenvalue weighted by Crippen LogP contribution is -2.08. The van der Waals surface area contributed by atoms with E-state index in [4.69, 9.17) is 17.5 Å². The van der Waals surface area contributed by atoms with Crippen LogP contribution in [-0.2, 0) is 4.84 Å². The molecule has 0 saturated heterocycles. The standard InChI is InChI=1S/C10H10ClNO2S/c1-3-5-7-6(4-2)8(11)9(15-7)10(13)14-12/h3-5H,2,12H2,1H3/b5-3-. The highest BCUT2D eigenvalue weighted by atomic mass is 35.5. The van der Waals surface area contributed by atoms with Crippen LogP contribution in [0.15, 0.2) is 12.7 Å². The molecule has 0 amide bonds. The van der Waals surface area contributed by atoms with Crippen LogP contribution in [0.3, 0.4) is 0 Å². The summed E-state index contributed by atoms with van der Waals surface area (Å²) in [5, 5.41) is 0.332. The molecule has 80 valence electrons. The second-order valence-electron chi connectivity index (χ2n) is 2.63. The normalized spacial score (nSPS) is 10.6. The Morgan fingerprint density at radius 1 is 1.67 bits per heavy atom. The predicted octanol–water partition coefficient (Wildman–Crippen LogP) is 3.11. The van der Waals surface area contributed by atoms with Gasteiger partial charge in [0, 0.05) is 10.4 Å². The highest BCUT2D eigenvalue weighted by molar-refractivity contribution is 7.15. The average molecular weight is 244 g/mol. The van der Waals surface area contributed by atoms with Gasteiger partial charge in [0.1, 0.15) is 4.88 Å². The number of hydrogen-bond donors (Lipinski definition) is 1. The fraction of sp³-hybridized carbons (Fsp3) is 0.100. The monoisotopic (exact) mass is 243 g/mol. The molecule has 0 fully saturated rings. The third-order valence-electron chi connectivity index (χ3n) is 1.73. The van der Waals surface area contributed by atoms with E-state index in [0.717, 1.165) is 10.4 Å². The zero-order chi connectivity index (χ0) is 11.4. The van der Waals surface area contributed by atoms with E-state index in [1.807, 2.05) is 19.1 Å². The molecule has 1 rings (SSSR count). The van der Waals surface area contributed by atoms with Crippen molar-refractivity contribution in [3.8, 4) is 0 Å². The largest absolute Gasteiger partial charge is 0.369 e. The molecule has 1 aromatic heterocycles. The zero-order valence-electron chi connectivity index (χ0n) is 8.12. The van der Waals surface area contributed by atoms with Crippen LogP contribution in [-0.4, -0.2) is 5.97 Å². The van der Waals surface area contributed by atoms with Crippen LogP contribution in [0.5, 0.6) is 0 Å². The van der Waals surface area contributed by atoms with Gasteiger partial charge < -0.3 is 4.84 Å². The van der Waals surface area contributed by atoms with Crippen molar-refractivity contribution in [1.29, 1.82) is 0 Å². The van der Waals surface area contributed by atoms with Gasteiger partial charge in [-0.05, 0) is 13.0 Å². The Labute approximate surface area is 96.8 Å². The fourth-order valence-corrected chi connectivity index (χ4v) is 2.57. The molecule has 0 unspecified atom stereocenters. The molecule has 2 N–H and O–H groups in total. The van der Waals surface area contributed by atoms with Crippen LogP contribution in [0.25, 0.3) is 12.2 Å². The molecule has 3 nitrogen and oxygen atoms in total. The first-order valence-corrected chi connectivity index (χ1v) is 5.33. The molecule has 0 radical (unpaired) electrons. The van der Waals surface area contributed by atoms with E-state index < -0.39 is 5.97 Å². The van der Waals surface area contributed by atoms with Gasteiger partial charge in [-0.1, -0.05) is 30.3 Å². The van der Waals surface area contributed by atoms with Crippen molar-refractivity contribution in [2.24, 2.45) is 5.90 Å². The maximum atomic E-state index is 11.2. The first-order chi connectivity index (χ1) is 7.15. The molecule has 0 atom stereocenters. The van der Waals surface area contributed by atoms with E-state index in [1.54, 1.807) is 6.08 Å². The molecule has 0 bridgehead atoms. The molecular formula is C10H10ClNO2S. The molecule has 0 saturated carbocycles. The molecule has 0 aromatic carbocycles. The summed E-state index contributed by atoms with van der Waals surface area (Å²) >= 11 is 7.21. The van der Waals surface area contributed by atoms with Crippen LogP contribution in [0.4, 0.5) is 0 Å². The summed E-state index contributed by atoms with van der Waals surface area (Å²) in [5.74, 6) is 4.17. The second-order valence-corrected chi connectivity index (χ2v) is 4.06. The van der Waals surface area contributed by atoms with Gasteiger partial charge in [0.15, 0.2) is 0 Å². The zero-order valence-corrected chi connectivity index (χ0v) is 9.69. The van der Waals surface area contributed by atoms with Gasteiger partial charge >= 0.3 is 5.97 Å². The summed E-state index contributed by atoms with van der Waals surface area (Å²) in [6.07, 6.45) is 5.30. The Morgan fingerprint density at radius 3 is 2.80 bits per heavy atom. The quantitative estimate of drug-likeness (QED) is 0.830. The van der Waals surface area contributed by atoms with Crippen LogP contribution >= 0.6 is 22.9 Å². The SMILES string of the molecule is C=Cc1c(/C=C\C)sc(C(=O)ON)c1Cl. The maximum Gasteiger partial charge on any atom is 0.368 e. The summed E-state index contributed by atoms with van der Waals surface area (Å²) in [6.45, 7) is 5.51. The number of allylic oxidation sites excluding steroid dienone is 1. The van der Waals surface area contributed by atoms with Gasteiger partial charge in [-0.15, -0.1) is 11.3 Å². The minimum Gasteiger partial charge on any atom is -0.369 e. The summed E-state index contributed by atoms with van der Waals surface area (Å²) in [4.78, 5) is 16.5. The van der Waals surface area contributed by atoms with E-state index in [-0.39, 0.29) is 0 Å². The number of carbonyl (C=O) groups is 1. The first-order valence-electron chi connectivity index (χ1n) is 4.14. The smallest absolute Gasteiger partial charge is 0.368 e. The fourth-order valence-electron chi connectivity index (χ4n) is 1.09. The molecule has 1 heterocycles. The molecule has 0 aliphatic carbocycles. The van der Waals surface area contributed by atoms with E-state index in [9.17, 15) is 4.79 Å². The van der Waals surface area contributed by atoms with Crippen molar-refractivity contribution in [3.63, 3.8) is 0 Å². The van der Waals surface area contributed by atoms with Gasteiger partial charge in [-0.25, -0.2) is 4.79 Å². The van der Waals surface area contributed by atoms with Crippen LogP contribution in [0.1, 0.15) is 27.0 Å². The molecule has 15 heavy (non-hydrogen) atoms. The Hall–Kier alpha value is -1.10. The van der Waals surface area contributed by atoms with Crippen LogP contribution in [0.2, 0.25) is 5.02 Å². The highest BCUT2D eigenvalue weighted by Crippen LogP contribution is 2.35. The Kier molecular flexibility index (Phi) is 4.08. The number of nitrogens with two attached hydrogens (primary N) is 1. The van der Waals surface area contributed by atoms with Gasteiger partial charge in [-0.3, -0.25) is 0 Å². The minimum atomic E-state index is -0.635. The summed E-state index contributed by atoms with van der Waals surface area (Å²) in [6, 6.07) is 0. The predicted molar refractivity (Wildman–Crippen MR) is 63.7 cm³/mol. The van der Waals surface area contributed by atoms with Gasteiger partial charge in [-0.2, -0.15) is 5.90 Å². The summed E-state index contributed by atoms with van der Waals surface area (Å²) < 4.78 is 0. The van der Waals surface area contributed by atoms with Crippen molar-refractivity contribution >= 4 is 41.1 Å². The maximum absolute atomic E-state index is 11.2. The lowest BCUT2D eigenvalue weighted by Gasteiger charge is -1.93. The minimum absolute atomic E-state index is 0.294. The Bertz CT molecular complexity index is 423.